The first-order chi connectivity index (χ1) is 9.56. The van der Waals surface area contributed by atoms with Gasteiger partial charge in [-0.3, -0.25) is 9.59 Å². The zero-order valence-electron chi connectivity index (χ0n) is 11.5. The fourth-order valence-electron chi connectivity index (χ4n) is 2.58. The van der Waals surface area contributed by atoms with Gasteiger partial charge < -0.3 is 14.5 Å². The molecule has 1 amide bonds. The van der Waals surface area contributed by atoms with E-state index in [2.05, 4.69) is 10.1 Å². The van der Waals surface area contributed by atoms with E-state index >= 15 is 0 Å². The van der Waals surface area contributed by atoms with Gasteiger partial charge in [0, 0.05) is 18.9 Å². The SMILES string of the molecule is Cc1noc(CCC(=O)N(CC(=O)O)C2CCCC2)n1. The molecular weight excluding hydrogens is 262 g/mol. The van der Waals surface area contributed by atoms with E-state index < -0.39 is 5.97 Å². The number of hydrogen-bond donors (Lipinski definition) is 1. The summed E-state index contributed by atoms with van der Waals surface area (Å²) in [5, 5.41) is 12.6. The molecule has 0 aromatic carbocycles. The Balaban J connectivity index is 1.93. The molecule has 1 heterocycles. The Morgan fingerprint density at radius 3 is 2.65 bits per heavy atom. The normalized spacial score (nSPS) is 15.4. The predicted octanol–water partition coefficient (Wildman–Crippen LogP) is 1.17. The Morgan fingerprint density at radius 1 is 1.40 bits per heavy atom. The summed E-state index contributed by atoms with van der Waals surface area (Å²) in [6.45, 7) is 1.48. The molecule has 0 atom stereocenters. The number of amides is 1. The highest BCUT2D eigenvalue weighted by molar-refractivity contribution is 5.81. The second-order valence-corrected chi connectivity index (χ2v) is 5.09. The van der Waals surface area contributed by atoms with Crippen LogP contribution in [0.3, 0.4) is 0 Å². The van der Waals surface area contributed by atoms with E-state index in [9.17, 15) is 9.59 Å². The van der Waals surface area contributed by atoms with E-state index in [4.69, 9.17) is 9.63 Å². The average molecular weight is 281 g/mol. The topological polar surface area (TPSA) is 96.5 Å². The van der Waals surface area contributed by atoms with Crippen molar-refractivity contribution in [3.8, 4) is 0 Å². The lowest BCUT2D eigenvalue weighted by atomic mass is 10.1. The van der Waals surface area contributed by atoms with Crippen LogP contribution in [-0.4, -0.2) is 44.6 Å². The van der Waals surface area contributed by atoms with Crippen LogP contribution in [-0.2, 0) is 16.0 Å². The van der Waals surface area contributed by atoms with Gasteiger partial charge in [0.2, 0.25) is 11.8 Å². The van der Waals surface area contributed by atoms with Crippen LogP contribution in [0.4, 0.5) is 0 Å². The first-order valence-corrected chi connectivity index (χ1v) is 6.86. The number of carbonyl (C=O) groups excluding carboxylic acids is 1. The van der Waals surface area contributed by atoms with Gasteiger partial charge in [0.25, 0.3) is 0 Å². The van der Waals surface area contributed by atoms with E-state index in [1.54, 1.807) is 6.92 Å². The van der Waals surface area contributed by atoms with Crippen LogP contribution in [0.2, 0.25) is 0 Å². The molecule has 7 nitrogen and oxygen atoms in total. The van der Waals surface area contributed by atoms with E-state index in [-0.39, 0.29) is 24.9 Å². The van der Waals surface area contributed by atoms with Crippen molar-refractivity contribution in [2.45, 2.75) is 51.5 Å². The summed E-state index contributed by atoms with van der Waals surface area (Å²) < 4.78 is 4.95. The third-order valence-electron chi connectivity index (χ3n) is 3.51. The molecule has 0 aliphatic heterocycles. The molecule has 0 saturated heterocycles. The van der Waals surface area contributed by atoms with Crippen LogP contribution in [0.15, 0.2) is 4.52 Å². The third-order valence-corrected chi connectivity index (χ3v) is 3.51. The minimum absolute atomic E-state index is 0.0584. The van der Waals surface area contributed by atoms with E-state index in [1.165, 1.54) is 4.90 Å². The second-order valence-electron chi connectivity index (χ2n) is 5.09. The summed E-state index contributed by atoms with van der Waals surface area (Å²) in [7, 11) is 0. The monoisotopic (exact) mass is 281 g/mol. The Bertz CT molecular complexity index is 480. The van der Waals surface area contributed by atoms with Crippen LogP contribution < -0.4 is 0 Å². The van der Waals surface area contributed by atoms with Gasteiger partial charge in [-0.05, 0) is 19.8 Å². The van der Waals surface area contributed by atoms with Gasteiger partial charge in [0.15, 0.2) is 5.82 Å². The van der Waals surface area contributed by atoms with Crippen molar-refractivity contribution >= 4 is 11.9 Å². The van der Waals surface area contributed by atoms with Gasteiger partial charge >= 0.3 is 5.97 Å². The second kappa shape index (κ2) is 6.49. The minimum atomic E-state index is -0.973. The number of aliphatic carboxylic acids is 1. The number of aromatic nitrogens is 2. The smallest absolute Gasteiger partial charge is 0.323 e. The lowest BCUT2D eigenvalue weighted by molar-refractivity contribution is -0.146. The summed E-state index contributed by atoms with van der Waals surface area (Å²) in [4.78, 5) is 28.7. The molecule has 1 saturated carbocycles. The number of rotatable bonds is 6. The fraction of sp³-hybridized carbons (Fsp3) is 0.692. The summed E-state index contributed by atoms with van der Waals surface area (Å²) in [5.74, 6) is -0.183. The van der Waals surface area contributed by atoms with E-state index in [0.717, 1.165) is 25.7 Å². The molecule has 0 unspecified atom stereocenters. The lowest BCUT2D eigenvalue weighted by Crippen LogP contribution is -2.42. The van der Waals surface area contributed by atoms with Gasteiger partial charge in [-0.1, -0.05) is 18.0 Å². The zero-order chi connectivity index (χ0) is 14.5. The van der Waals surface area contributed by atoms with E-state index in [1.807, 2.05) is 0 Å². The quantitative estimate of drug-likeness (QED) is 0.840. The van der Waals surface area contributed by atoms with Crippen molar-refractivity contribution in [3.63, 3.8) is 0 Å². The van der Waals surface area contributed by atoms with Crippen LogP contribution in [0.5, 0.6) is 0 Å². The lowest BCUT2D eigenvalue weighted by Gasteiger charge is -2.27. The molecule has 2 rings (SSSR count). The Hall–Kier alpha value is -1.92. The number of carboxylic acids is 1. The van der Waals surface area contributed by atoms with Crippen molar-refractivity contribution < 1.29 is 19.2 Å². The van der Waals surface area contributed by atoms with Crippen molar-refractivity contribution in [1.29, 1.82) is 0 Å². The molecule has 0 bridgehead atoms. The summed E-state index contributed by atoms with van der Waals surface area (Å²) in [5.41, 5.74) is 0. The average Bonchev–Trinajstić information content (AvgIpc) is 3.04. The first kappa shape index (κ1) is 14.5. The number of aryl methyl sites for hydroxylation is 2. The Kier molecular flexibility index (Phi) is 4.70. The standard InChI is InChI=1S/C13H19N3O4/c1-9-14-11(20-15-9)6-7-12(17)16(8-13(18)19)10-4-2-3-5-10/h10H,2-8H2,1H3,(H,18,19). The van der Waals surface area contributed by atoms with Crippen molar-refractivity contribution in [3.05, 3.63) is 11.7 Å². The molecule has 1 aromatic heterocycles. The van der Waals surface area contributed by atoms with Crippen molar-refractivity contribution in [2.75, 3.05) is 6.54 Å². The summed E-state index contributed by atoms with van der Waals surface area (Å²) in [6, 6.07) is 0.0584. The maximum Gasteiger partial charge on any atom is 0.323 e. The first-order valence-electron chi connectivity index (χ1n) is 6.86. The highest BCUT2D eigenvalue weighted by Crippen LogP contribution is 2.24. The molecule has 1 N–H and O–H groups in total. The minimum Gasteiger partial charge on any atom is -0.480 e. The molecule has 110 valence electrons. The molecule has 0 radical (unpaired) electrons. The molecule has 20 heavy (non-hydrogen) atoms. The molecule has 7 heteroatoms. The van der Waals surface area contributed by atoms with E-state index in [0.29, 0.717) is 18.1 Å². The fourth-order valence-corrected chi connectivity index (χ4v) is 2.58. The van der Waals surface area contributed by atoms with Crippen LogP contribution in [0.25, 0.3) is 0 Å². The molecule has 1 aliphatic rings. The van der Waals surface area contributed by atoms with Crippen molar-refractivity contribution in [1.82, 2.24) is 15.0 Å². The zero-order valence-corrected chi connectivity index (χ0v) is 11.5. The molecule has 1 fully saturated rings. The molecular formula is C13H19N3O4. The van der Waals surface area contributed by atoms with Crippen molar-refractivity contribution in [2.24, 2.45) is 0 Å². The summed E-state index contributed by atoms with van der Waals surface area (Å²) in [6.07, 6.45) is 4.43. The van der Waals surface area contributed by atoms with Gasteiger partial charge in [-0.2, -0.15) is 4.98 Å². The van der Waals surface area contributed by atoms with Crippen LogP contribution in [0.1, 0.15) is 43.8 Å². The number of carboxylic acid groups (broad SMARTS) is 1. The number of hydrogen-bond acceptors (Lipinski definition) is 5. The number of carbonyl (C=O) groups is 2. The number of nitrogens with zero attached hydrogens (tertiary/aromatic N) is 3. The van der Waals surface area contributed by atoms with Gasteiger partial charge in [0.1, 0.15) is 6.54 Å². The summed E-state index contributed by atoms with van der Waals surface area (Å²) >= 11 is 0. The predicted molar refractivity (Wildman–Crippen MR) is 69.0 cm³/mol. The molecule has 1 aromatic rings. The highest BCUT2D eigenvalue weighted by Gasteiger charge is 2.28. The van der Waals surface area contributed by atoms with Gasteiger partial charge in [0.05, 0.1) is 0 Å². The molecule has 1 aliphatic carbocycles. The maximum atomic E-state index is 12.2. The highest BCUT2D eigenvalue weighted by atomic mass is 16.5. The van der Waals surface area contributed by atoms with Crippen LogP contribution in [0, 0.1) is 6.92 Å². The Morgan fingerprint density at radius 2 is 2.10 bits per heavy atom. The maximum absolute atomic E-state index is 12.2. The van der Waals surface area contributed by atoms with Crippen LogP contribution >= 0.6 is 0 Å². The van der Waals surface area contributed by atoms with Gasteiger partial charge in [-0.15, -0.1) is 0 Å². The Labute approximate surface area is 117 Å². The molecule has 0 spiro atoms. The van der Waals surface area contributed by atoms with Gasteiger partial charge in [-0.25, -0.2) is 0 Å². The largest absolute Gasteiger partial charge is 0.480 e. The third kappa shape index (κ3) is 3.79.